The number of ketones is 1. The zero-order chi connectivity index (χ0) is 12.9. The first-order valence-electron chi connectivity index (χ1n) is 4.38. The van der Waals surface area contributed by atoms with Gasteiger partial charge in [0.25, 0.3) is 0 Å². The Kier molecular flexibility index (Phi) is 6.08. The Balaban J connectivity index is 4.42. The first-order chi connectivity index (χ1) is 7.31. The molecule has 6 N–H and O–H groups in total. The summed E-state index contributed by atoms with van der Waals surface area (Å²) in [5.41, 5.74) is 0. The number of aliphatic carboxylic acids is 1. The van der Waals surface area contributed by atoms with Crippen LogP contribution in [-0.2, 0) is 9.59 Å². The van der Waals surface area contributed by atoms with E-state index in [0.29, 0.717) is 0 Å². The first kappa shape index (κ1) is 14.9. The van der Waals surface area contributed by atoms with E-state index < -0.39 is 49.2 Å². The van der Waals surface area contributed by atoms with Gasteiger partial charge in [-0.05, 0) is 0 Å². The van der Waals surface area contributed by atoms with Crippen LogP contribution in [0.5, 0.6) is 0 Å². The number of Topliss-reactive ketones (excluding diaryl/α,β-unsaturated/α-hetero) is 1. The van der Waals surface area contributed by atoms with Crippen molar-refractivity contribution in [1.82, 2.24) is 0 Å². The van der Waals surface area contributed by atoms with E-state index in [1.165, 1.54) is 0 Å². The van der Waals surface area contributed by atoms with Crippen molar-refractivity contribution in [3.8, 4) is 0 Å². The molecule has 0 aromatic carbocycles. The zero-order valence-corrected chi connectivity index (χ0v) is 8.22. The summed E-state index contributed by atoms with van der Waals surface area (Å²) in [7, 11) is 0. The van der Waals surface area contributed by atoms with Gasteiger partial charge >= 0.3 is 5.97 Å². The highest BCUT2D eigenvalue weighted by Crippen LogP contribution is 2.07. The molecular formula is C8H14O8. The van der Waals surface area contributed by atoms with Crippen molar-refractivity contribution in [2.24, 2.45) is 0 Å². The van der Waals surface area contributed by atoms with E-state index in [-0.39, 0.29) is 0 Å². The summed E-state index contributed by atoms with van der Waals surface area (Å²) in [5, 5.41) is 53.0. The summed E-state index contributed by atoms with van der Waals surface area (Å²) >= 11 is 0. The third-order valence-electron chi connectivity index (χ3n) is 1.91. The molecule has 0 radical (unpaired) electrons. The van der Waals surface area contributed by atoms with E-state index in [0.717, 1.165) is 0 Å². The molecule has 0 aliphatic rings. The molecule has 0 heterocycles. The molecule has 0 bridgehead atoms. The Morgan fingerprint density at radius 2 is 1.50 bits per heavy atom. The van der Waals surface area contributed by atoms with Gasteiger partial charge in [0.2, 0.25) is 0 Å². The normalized spacial score (nSPS) is 18.6. The predicted octanol–water partition coefficient (Wildman–Crippen LogP) is -3.53. The molecule has 0 aromatic rings. The summed E-state index contributed by atoms with van der Waals surface area (Å²) in [6, 6.07) is 0. The van der Waals surface area contributed by atoms with Crippen LogP contribution in [-0.4, -0.2) is 73.4 Å². The third-order valence-corrected chi connectivity index (χ3v) is 1.91. The lowest BCUT2D eigenvalue weighted by atomic mass is 9.99. The van der Waals surface area contributed by atoms with Crippen LogP contribution >= 0.6 is 0 Å². The lowest BCUT2D eigenvalue weighted by molar-refractivity contribution is -0.152. The number of rotatable bonds is 7. The van der Waals surface area contributed by atoms with Crippen LogP contribution in [0.1, 0.15) is 6.42 Å². The molecule has 0 rings (SSSR count). The van der Waals surface area contributed by atoms with Crippen LogP contribution in [0.4, 0.5) is 0 Å². The molecule has 0 aliphatic carbocycles. The van der Waals surface area contributed by atoms with E-state index in [9.17, 15) is 14.7 Å². The number of carboxylic acids is 1. The molecule has 0 aliphatic heterocycles. The predicted molar refractivity (Wildman–Crippen MR) is 48.4 cm³/mol. The topological polar surface area (TPSA) is 156 Å². The van der Waals surface area contributed by atoms with Crippen molar-refractivity contribution in [3.63, 3.8) is 0 Å². The standard InChI is InChI=1S/C8H14O8/c9-2-4(11)7(15)8(16)6(14)3(10)1-5(12)13/h4,6-9,11,14-16H,1-2H2,(H,12,13)/t4-,6+,7+,8+/m1/s1. The highest BCUT2D eigenvalue weighted by atomic mass is 16.4. The van der Waals surface area contributed by atoms with E-state index in [1.54, 1.807) is 0 Å². The summed E-state index contributed by atoms with van der Waals surface area (Å²) in [6.07, 6.45) is -8.89. The van der Waals surface area contributed by atoms with Crippen molar-refractivity contribution in [1.29, 1.82) is 0 Å². The first-order valence-corrected chi connectivity index (χ1v) is 4.38. The van der Waals surface area contributed by atoms with Gasteiger partial charge in [-0.1, -0.05) is 0 Å². The number of carbonyl (C=O) groups is 2. The number of carboxylic acid groups (broad SMARTS) is 1. The number of aliphatic hydroxyl groups excluding tert-OH is 5. The van der Waals surface area contributed by atoms with Crippen molar-refractivity contribution < 1.29 is 40.2 Å². The Bertz CT molecular complexity index is 252. The monoisotopic (exact) mass is 238 g/mol. The number of hydrogen-bond acceptors (Lipinski definition) is 7. The van der Waals surface area contributed by atoms with Crippen molar-refractivity contribution >= 4 is 11.8 Å². The number of aliphatic hydroxyl groups is 5. The number of carbonyl (C=O) groups excluding carboxylic acids is 1. The van der Waals surface area contributed by atoms with E-state index in [4.69, 9.17) is 25.5 Å². The molecule has 0 amide bonds. The lowest BCUT2D eigenvalue weighted by Crippen LogP contribution is -2.48. The fraction of sp³-hybridized carbons (Fsp3) is 0.750. The van der Waals surface area contributed by atoms with E-state index >= 15 is 0 Å². The van der Waals surface area contributed by atoms with Crippen molar-refractivity contribution in [3.05, 3.63) is 0 Å². The maximum Gasteiger partial charge on any atom is 0.310 e. The minimum Gasteiger partial charge on any atom is -0.481 e. The summed E-state index contributed by atoms with van der Waals surface area (Å²) < 4.78 is 0. The summed E-state index contributed by atoms with van der Waals surface area (Å²) in [5.74, 6) is -2.70. The van der Waals surface area contributed by atoms with Gasteiger partial charge in [-0.2, -0.15) is 0 Å². The second kappa shape index (κ2) is 6.51. The van der Waals surface area contributed by atoms with E-state index in [2.05, 4.69) is 0 Å². The van der Waals surface area contributed by atoms with Gasteiger partial charge in [0, 0.05) is 0 Å². The third kappa shape index (κ3) is 4.21. The molecule has 0 unspecified atom stereocenters. The SMILES string of the molecule is O=C(O)CC(=O)[C@H](O)[C@H](O)[C@@H](O)[C@H](O)CO. The number of hydrogen-bond donors (Lipinski definition) is 6. The lowest BCUT2D eigenvalue weighted by Gasteiger charge is -2.24. The van der Waals surface area contributed by atoms with Crippen LogP contribution in [0.2, 0.25) is 0 Å². The molecule has 94 valence electrons. The van der Waals surface area contributed by atoms with Crippen LogP contribution in [0.15, 0.2) is 0 Å². The van der Waals surface area contributed by atoms with Crippen molar-refractivity contribution in [2.45, 2.75) is 30.8 Å². The molecular weight excluding hydrogens is 224 g/mol. The fourth-order valence-electron chi connectivity index (χ4n) is 0.966. The van der Waals surface area contributed by atoms with Gasteiger partial charge in [-0.3, -0.25) is 9.59 Å². The Morgan fingerprint density at radius 1 is 1.00 bits per heavy atom. The van der Waals surface area contributed by atoms with Gasteiger partial charge < -0.3 is 30.6 Å². The molecule has 0 saturated heterocycles. The second-order valence-corrected chi connectivity index (χ2v) is 3.21. The summed E-state index contributed by atoms with van der Waals surface area (Å²) in [4.78, 5) is 21.1. The molecule has 16 heavy (non-hydrogen) atoms. The maximum atomic E-state index is 11.0. The van der Waals surface area contributed by atoms with Gasteiger partial charge in [0.15, 0.2) is 5.78 Å². The quantitative estimate of drug-likeness (QED) is 0.249. The maximum absolute atomic E-state index is 11.0. The summed E-state index contributed by atoms with van der Waals surface area (Å²) in [6.45, 7) is -0.877. The molecule has 0 aromatic heterocycles. The highest BCUT2D eigenvalue weighted by Gasteiger charge is 2.34. The van der Waals surface area contributed by atoms with Crippen LogP contribution < -0.4 is 0 Å². The Labute approximate surface area is 90.4 Å². The van der Waals surface area contributed by atoms with Gasteiger partial charge in [0.1, 0.15) is 30.8 Å². The molecule has 8 nitrogen and oxygen atoms in total. The van der Waals surface area contributed by atoms with E-state index in [1.807, 2.05) is 0 Å². The molecule has 8 heteroatoms. The van der Waals surface area contributed by atoms with Crippen LogP contribution in [0.25, 0.3) is 0 Å². The average molecular weight is 238 g/mol. The fourth-order valence-corrected chi connectivity index (χ4v) is 0.966. The molecule has 0 spiro atoms. The van der Waals surface area contributed by atoms with Gasteiger partial charge in [0.05, 0.1) is 6.61 Å². The Morgan fingerprint density at radius 3 is 1.88 bits per heavy atom. The van der Waals surface area contributed by atoms with Crippen LogP contribution in [0, 0.1) is 0 Å². The molecule has 4 atom stereocenters. The Hall–Kier alpha value is -1.06. The minimum absolute atomic E-state index is 0.877. The molecule has 0 fully saturated rings. The smallest absolute Gasteiger partial charge is 0.310 e. The van der Waals surface area contributed by atoms with Crippen molar-refractivity contribution in [2.75, 3.05) is 6.61 Å². The average Bonchev–Trinajstić information content (AvgIpc) is 2.23. The van der Waals surface area contributed by atoms with Gasteiger partial charge in [-0.25, -0.2) is 0 Å². The van der Waals surface area contributed by atoms with Crippen LogP contribution in [0.3, 0.4) is 0 Å². The van der Waals surface area contributed by atoms with Gasteiger partial charge in [-0.15, -0.1) is 0 Å². The minimum atomic E-state index is -2.13. The zero-order valence-electron chi connectivity index (χ0n) is 8.22. The second-order valence-electron chi connectivity index (χ2n) is 3.21. The highest BCUT2D eigenvalue weighted by molar-refractivity contribution is 5.97. The molecule has 0 saturated carbocycles. The largest absolute Gasteiger partial charge is 0.481 e.